The number of ether oxygens (including phenoxy) is 1. The molecule has 0 fully saturated rings. The van der Waals surface area contributed by atoms with Crippen LogP contribution in [0.2, 0.25) is 0 Å². The number of carbonyl (C=O) groups is 2. The zero-order valence-electron chi connectivity index (χ0n) is 13.1. The number of rotatable bonds is 7. The highest BCUT2D eigenvalue weighted by Crippen LogP contribution is 2.22. The van der Waals surface area contributed by atoms with Gasteiger partial charge in [-0.1, -0.05) is 23.5 Å². The number of carbonyl (C=O) groups excluding carboxylic acids is 2. The lowest BCUT2D eigenvalue weighted by molar-refractivity contribution is -0.380. The van der Waals surface area contributed by atoms with Crippen LogP contribution >= 0.6 is 11.3 Å². The van der Waals surface area contributed by atoms with Crippen molar-refractivity contribution < 1.29 is 19.2 Å². The maximum absolute atomic E-state index is 12.0. The maximum Gasteiger partial charge on any atom is 0.324 e. The minimum Gasteiger partial charge on any atom is -0.496 e. The highest BCUT2D eigenvalue weighted by molar-refractivity contribution is 7.16. The van der Waals surface area contributed by atoms with E-state index in [2.05, 4.69) is 15.8 Å². The summed E-state index contributed by atoms with van der Waals surface area (Å²) in [7, 11) is 1.45. The van der Waals surface area contributed by atoms with Crippen molar-refractivity contribution in [3.05, 3.63) is 57.0 Å². The zero-order valence-corrected chi connectivity index (χ0v) is 13.9. The Morgan fingerprint density at radius 1 is 1.32 bits per heavy atom. The summed E-state index contributed by atoms with van der Waals surface area (Å²) in [5, 5.41) is 16.7. The lowest BCUT2D eigenvalue weighted by atomic mass is 10.2. The number of thiophene rings is 1. The van der Waals surface area contributed by atoms with E-state index in [0.717, 1.165) is 11.3 Å². The Labute approximate surface area is 146 Å². The Morgan fingerprint density at radius 2 is 2.08 bits per heavy atom. The predicted octanol–water partition coefficient (Wildman–Crippen LogP) is 1.54. The smallest absolute Gasteiger partial charge is 0.324 e. The Morgan fingerprint density at radius 3 is 2.76 bits per heavy atom. The lowest BCUT2D eigenvalue weighted by Crippen LogP contribution is -2.35. The van der Waals surface area contributed by atoms with Crippen molar-refractivity contribution in [1.29, 1.82) is 0 Å². The summed E-state index contributed by atoms with van der Waals surface area (Å²) in [6, 6.07) is 9.49. The van der Waals surface area contributed by atoms with Crippen LogP contribution in [0.1, 0.15) is 15.2 Å². The fraction of sp³-hybridized carbons (Fsp3) is 0.133. The highest BCUT2D eigenvalue weighted by Gasteiger charge is 2.12. The molecule has 2 amide bonds. The summed E-state index contributed by atoms with van der Waals surface area (Å²) >= 11 is 0.929. The largest absolute Gasteiger partial charge is 0.496 e. The first-order valence-electron chi connectivity index (χ1n) is 6.98. The molecular formula is C15H14N4O5S. The summed E-state index contributed by atoms with van der Waals surface area (Å²) in [4.78, 5) is 34.3. The maximum atomic E-state index is 12.0. The molecule has 1 aromatic carbocycles. The molecule has 9 nitrogen and oxygen atoms in total. The second-order valence-corrected chi connectivity index (χ2v) is 5.70. The third-order valence-electron chi connectivity index (χ3n) is 2.93. The predicted molar refractivity (Wildman–Crippen MR) is 92.0 cm³/mol. The molecule has 0 spiro atoms. The third-order valence-corrected chi connectivity index (χ3v) is 3.91. The first kappa shape index (κ1) is 18.1. The summed E-state index contributed by atoms with van der Waals surface area (Å²) in [5.41, 5.74) is 2.54. The van der Waals surface area contributed by atoms with Crippen molar-refractivity contribution >= 4 is 34.4 Å². The van der Waals surface area contributed by atoms with E-state index in [4.69, 9.17) is 4.74 Å². The fourth-order valence-corrected chi connectivity index (χ4v) is 2.50. The van der Waals surface area contributed by atoms with Gasteiger partial charge in [-0.25, -0.2) is 5.43 Å². The molecule has 2 aromatic rings. The molecule has 0 aliphatic carbocycles. The summed E-state index contributed by atoms with van der Waals surface area (Å²) in [5.74, 6) is -0.589. The fourth-order valence-electron chi connectivity index (χ4n) is 1.81. The Hall–Kier alpha value is -3.27. The summed E-state index contributed by atoms with van der Waals surface area (Å²) < 4.78 is 5.07. The standard InChI is InChI=1S/C15H14N4O5S/c1-24-12-5-3-2-4-11(12)15(21)16-9-13(20)18-17-8-10-6-7-14(25-10)19(22)23/h2-8H,9H2,1H3,(H,16,21)(H,18,20). The van der Waals surface area contributed by atoms with E-state index in [1.807, 2.05) is 0 Å². The normalized spacial score (nSPS) is 10.4. The minimum atomic E-state index is -0.537. The van der Waals surface area contributed by atoms with Crippen LogP contribution in [-0.4, -0.2) is 36.6 Å². The van der Waals surface area contributed by atoms with Gasteiger partial charge in [0, 0.05) is 6.07 Å². The molecule has 0 unspecified atom stereocenters. The molecule has 10 heteroatoms. The van der Waals surface area contributed by atoms with E-state index >= 15 is 0 Å². The quantitative estimate of drug-likeness (QED) is 0.439. The molecule has 0 saturated heterocycles. The van der Waals surface area contributed by atoms with Gasteiger partial charge < -0.3 is 10.1 Å². The van der Waals surface area contributed by atoms with Crippen LogP contribution in [0.4, 0.5) is 5.00 Å². The lowest BCUT2D eigenvalue weighted by Gasteiger charge is -2.08. The van der Waals surface area contributed by atoms with Gasteiger partial charge in [-0.05, 0) is 18.2 Å². The van der Waals surface area contributed by atoms with Crippen LogP contribution in [0.25, 0.3) is 0 Å². The van der Waals surface area contributed by atoms with E-state index in [0.29, 0.717) is 16.2 Å². The minimum absolute atomic E-state index is 0.0168. The van der Waals surface area contributed by atoms with E-state index < -0.39 is 16.7 Å². The second-order valence-electron chi connectivity index (χ2n) is 4.61. The Kier molecular flexibility index (Phi) is 6.18. The van der Waals surface area contributed by atoms with Crippen molar-refractivity contribution in [3.8, 4) is 5.75 Å². The van der Waals surface area contributed by atoms with Crippen LogP contribution in [0.3, 0.4) is 0 Å². The van der Waals surface area contributed by atoms with Gasteiger partial charge in [0.15, 0.2) is 0 Å². The van der Waals surface area contributed by atoms with E-state index in [9.17, 15) is 19.7 Å². The number of amides is 2. The molecular weight excluding hydrogens is 348 g/mol. The summed E-state index contributed by atoms with van der Waals surface area (Å²) in [6.07, 6.45) is 1.29. The van der Waals surface area contributed by atoms with Gasteiger partial charge in [-0.2, -0.15) is 5.10 Å². The molecule has 0 atom stereocenters. The van der Waals surface area contributed by atoms with Crippen LogP contribution in [0.15, 0.2) is 41.5 Å². The van der Waals surface area contributed by atoms with Crippen molar-refractivity contribution in [2.45, 2.75) is 0 Å². The van der Waals surface area contributed by atoms with Crippen molar-refractivity contribution in [2.75, 3.05) is 13.7 Å². The van der Waals surface area contributed by atoms with Crippen LogP contribution in [0.5, 0.6) is 5.75 Å². The molecule has 0 bridgehead atoms. The van der Waals surface area contributed by atoms with Crippen LogP contribution < -0.4 is 15.5 Å². The molecule has 2 rings (SSSR count). The molecule has 0 aliphatic rings. The average molecular weight is 362 g/mol. The van der Waals surface area contributed by atoms with Crippen molar-refractivity contribution in [3.63, 3.8) is 0 Å². The van der Waals surface area contributed by atoms with Gasteiger partial charge in [0.25, 0.3) is 11.8 Å². The second kappa shape index (κ2) is 8.55. The van der Waals surface area contributed by atoms with Crippen LogP contribution in [-0.2, 0) is 4.79 Å². The monoisotopic (exact) mass is 362 g/mol. The summed E-state index contributed by atoms with van der Waals surface area (Å²) in [6.45, 7) is -0.279. The van der Waals surface area contributed by atoms with Gasteiger partial charge in [0.1, 0.15) is 5.75 Å². The number of hydrogen-bond donors (Lipinski definition) is 2. The molecule has 130 valence electrons. The van der Waals surface area contributed by atoms with Gasteiger partial charge in [-0.3, -0.25) is 19.7 Å². The van der Waals surface area contributed by atoms with Crippen LogP contribution in [0, 0.1) is 10.1 Å². The highest BCUT2D eigenvalue weighted by atomic mass is 32.1. The number of nitrogens with zero attached hydrogens (tertiary/aromatic N) is 2. The van der Waals surface area contributed by atoms with E-state index in [1.165, 1.54) is 25.5 Å². The molecule has 1 heterocycles. The SMILES string of the molecule is COc1ccccc1C(=O)NCC(=O)NN=Cc1ccc([N+](=O)[O-])s1. The van der Waals surface area contributed by atoms with Gasteiger partial charge in [0.2, 0.25) is 0 Å². The molecule has 0 saturated carbocycles. The first-order chi connectivity index (χ1) is 12.0. The van der Waals surface area contributed by atoms with Crippen molar-refractivity contribution in [1.82, 2.24) is 10.7 Å². The number of hydrogen-bond acceptors (Lipinski definition) is 7. The Bertz CT molecular complexity index is 818. The number of methoxy groups -OCH3 is 1. The van der Waals surface area contributed by atoms with Gasteiger partial charge >= 0.3 is 5.00 Å². The molecule has 2 N–H and O–H groups in total. The van der Waals surface area contributed by atoms with Gasteiger partial charge in [0.05, 0.1) is 35.2 Å². The van der Waals surface area contributed by atoms with E-state index in [-0.39, 0.29) is 11.5 Å². The number of hydrazone groups is 1. The number of benzene rings is 1. The molecule has 1 aromatic heterocycles. The van der Waals surface area contributed by atoms with Crippen molar-refractivity contribution in [2.24, 2.45) is 5.10 Å². The number of nitro groups is 1. The topological polar surface area (TPSA) is 123 Å². The molecule has 25 heavy (non-hydrogen) atoms. The van der Waals surface area contributed by atoms with Gasteiger partial charge in [-0.15, -0.1) is 0 Å². The average Bonchev–Trinajstić information content (AvgIpc) is 3.09. The Balaban J connectivity index is 1.83. The number of nitrogens with one attached hydrogen (secondary N) is 2. The first-order valence-corrected chi connectivity index (χ1v) is 7.80. The van der Waals surface area contributed by atoms with E-state index in [1.54, 1.807) is 24.3 Å². The number of para-hydroxylation sites is 1. The molecule has 0 aliphatic heterocycles. The zero-order chi connectivity index (χ0) is 18.2. The molecule has 0 radical (unpaired) electrons. The third kappa shape index (κ3) is 5.11.